The van der Waals surface area contributed by atoms with Gasteiger partial charge in [-0.3, -0.25) is 14.4 Å². The molecule has 8 nitrogen and oxygen atoms in total. The monoisotopic (exact) mass is 276 g/mol. The summed E-state index contributed by atoms with van der Waals surface area (Å²) in [4.78, 5) is 33.0. The molecule has 4 atom stereocenters. The Balaban J connectivity index is 2.90. The Labute approximate surface area is 109 Å². The van der Waals surface area contributed by atoms with Crippen LogP contribution in [0.3, 0.4) is 0 Å². The molecule has 1 fully saturated rings. The zero-order chi connectivity index (χ0) is 14.6. The van der Waals surface area contributed by atoms with Gasteiger partial charge in [0.15, 0.2) is 6.10 Å². The van der Waals surface area contributed by atoms with E-state index in [4.69, 9.17) is 24.1 Å². The zero-order valence-corrected chi connectivity index (χ0v) is 10.8. The Bertz CT molecular complexity index is 366. The van der Waals surface area contributed by atoms with Gasteiger partial charge in [-0.1, -0.05) is 0 Å². The Morgan fingerprint density at radius 1 is 0.947 bits per heavy atom. The Hall–Kier alpha value is -1.67. The first-order valence-corrected chi connectivity index (χ1v) is 5.63. The van der Waals surface area contributed by atoms with Gasteiger partial charge in [0, 0.05) is 20.8 Å². The minimum Gasteiger partial charge on any atom is -0.455 e. The third-order valence-corrected chi connectivity index (χ3v) is 2.33. The second-order valence-corrected chi connectivity index (χ2v) is 3.98. The lowest BCUT2D eigenvalue weighted by atomic mass is 10.1. The summed E-state index contributed by atoms with van der Waals surface area (Å²) in [7, 11) is 0. The number of rotatable bonds is 4. The van der Waals surface area contributed by atoms with E-state index in [-0.39, 0.29) is 0 Å². The van der Waals surface area contributed by atoms with Crippen LogP contribution in [0.4, 0.5) is 0 Å². The Morgan fingerprint density at radius 3 is 1.84 bits per heavy atom. The predicted molar refractivity (Wildman–Crippen MR) is 58.6 cm³/mol. The van der Waals surface area contributed by atoms with E-state index in [2.05, 4.69) is 0 Å². The summed E-state index contributed by atoms with van der Waals surface area (Å²) in [5.74, 6) is -1.93. The van der Waals surface area contributed by atoms with Gasteiger partial charge in [-0.25, -0.2) is 0 Å². The van der Waals surface area contributed by atoms with E-state index >= 15 is 0 Å². The standard InChI is InChI=1S/C11H16O8/c1-5(13)16-9-8(4-12)19-11(18-7(3)15)10(9)17-6(2)14/h8-12H,4H2,1-3H3/t8-,9?,10+,11-/m1/s1. The summed E-state index contributed by atoms with van der Waals surface area (Å²) >= 11 is 0. The molecule has 0 spiro atoms. The average molecular weight is 276 g/mol. The van der Waals surface area contributed by atoms with Crippen molar-refractivity contribution in [3.63, 3.8) is 0 Å². The average Bonchev–Trinajstić information content (AvgIpc) is 2.55. The number of hydrogen-bond donors (Lipinski definition) is 1. The Kier molecular flexibility index (Phi) is 5.25. The molecule has 0 saturated carbocycles. The van der Waals surface area contributed by atoms with E-state index in [9.17, 15) is 14.4 Å². The molecule has 0 bridgehead atoms. The topological polar surface area (TPSA) is 108 Å². The zero-order valence-electron chi connectivity index (χ0n) is 10.8. The van der Waals surface area contributed by atoms with Gasteiger partial charge in [0.25, 0.3) is 0 Å². The third-order valence-electron chi connectivity index (χ3n) is 2.33. The minimum atomic E-state index is -1.22. The summed E-state index contributed by atoms with van der Waals surface area (Å²) in [5.41, 5.74) is 0. The van der Waals surface area contributed by atoms with Crippen LogP contribution in [0.2, 0.25) is 0 Å². The lowest BCUT2D eigenvalue weighted by molar-refractivity contribution is -0.196. The van der Waals surface area contributed by atoms with Crippen molar-refractivity contribution in [3.05, 3.63) is 0 Å². The van der Waals surface area contributed by atoms with Crippen LogP contribution in [0.1, 0.15) is 20.8 Å². The molecule has 0 amide bonds. The fourth-order valence-electron chi connectivity index (χ4n) is 1.75. The first-order chi connectivity index (χ1) is 8.85. The molecule has 1 unspecified atom stereocenters. The highest BCUT2D eigenvalue weighted by Crippen LogP contribution is 2.27. The van der Waals surface area contributed by atoms with Gasteiger partial charge >= 0.3 is 17.9 Å². The number of aliphatic hydroxyl groups is 1. The van der Waals surface area contributed by atoms with Crippen LogP contribution in [0.25, 0.3) is 0 Å². The van der Waals surface area contributed by atoms with Gasteiger partial charge in [-0.05, 0) is 0 Å². The van der Waals surface area contributed by atoms with Crippen LogP contribution < -0.4 is 0 Å². The first-order valence-electron chi connectivity index (χ1n) is 5.63. The van der Waals surface area contributed by atoms with Crippen LogP contribution >= 0.6 is 0 Å². The molecular formula is C11H16O8. The second-order valence-electron chi connectivity index (χ2n) is 3.98. The van der Waals surface area contributed by atoms with Gasteiger partial charge in [0.2, 0.25) is 12.4 Å². The number of esters is 3. The molecule has 1 aliphatic rings. The fourth-order valence-corrected chi connectivity index (χ4v) is 1.75. The molecule has 0 aliphatic carbocycles. The maximum atomic E-state index is 11.0. The van der Waals surface area contributed by atoms with E-state index in [0.717, 1.165) is 13.8 Å². The highest BCUT2D eigenvalue weighted by Gasteiger charge is 2.50. The van der Waals surface area contributed by atoms with Gasteiger partial charge < -0.3 is 24.1 Å². The van der Waals surface area contributed by atoms with Crippen LogP contribution in [0.5, 0.6) is 0 Å². The predicted octanol–water partition coefficient (Wildman–Crippen LogP) is -0.870. The normalized spacial score (nSPS) is 29.7. The van der Waals surface area contributed by atoms with Crippen molar-refractivity contribution in [2.45, 2.75) is 45.4 Å². The molecule has 1 aliphatic heterocycles. The van der Waals surface area contributed by atoms with Crippen molar-refractivity contribution < 1.29 is 38.4 Å². The molecule has 1 rings (SSSR count). The molecular weight excluding hydrogens is 260 g/mol. The summed E-state index contributed by atoms with van der Waals surface area (Å²) in [6, 6.07) is 0. The van der Waals surface area contributed by atoms with E-state index in [1.165, 1.54) is 6.92 Å². The maximum Gasteiger partial charge on any atom is 0.305 e. The van der Waals surface area contributed by atoms with Gasteiger partial charge in [0.05, 0.1) is 6.61 Å². The Morgan fingerprint density at radius 2 is 1.42 bits per heavy atom. The van der Waals surface area contributed by atoms with Gasteiger partial charge in [-0.15, -0.1) is 0 Å². The largest absolute Gasteiger partial charge is 0.455 e. The lowest BCUT2D eigenvalue weighted by Crippen LogP contribution is -2.41. The smallest absolute Gasteiger partial charge is 0.305 e. The number of aliphatic hydroxyl groups excluding tert-OH is 1. The minimum absolute atomic E-state index is 0.479. The van der Waals surface area contributed by atoms with E-state index in [0.29, 0.717) is 0 Å². The fraction of sp³-hybridized carbons (Fsp3) is 0.727. The summed E-state index contributed by atoms with van der Waals surface area (Å²) in [5, 5.41) is 9.16. The van der Waals surface area contributed by atoms with Gasteiger partial charge in [-0.2, -0.15) is 0 Å². The number of ether oxygens (including phenoxy) is 4. The molecule has 0 aromatic rings. The highest BCUT2D eigenvalue weighted by atomic mass is 16.7. The third kappa shape index (κ3) is 4.18. The number of hydrogen-bond acceptors (Lipinski definition) is 8. The van der Waals surface area contributed by atoms with E-state index in [1.54, 1.807) is 0 Å². The SMILES string of the molecule is CC(=O)OC1[C@@H](CO)O[C@@H](OC(C)=O)[C@H]1OC(C)=O. The summed E-state index contributed by atoms with van der Waals surface area (Å²) in [6.07, 6.45) is -4.29. The summed E-state index contributed by atoms with van der Waals surface area (Å²) in [6.45, 7) is 3.00. The van der Waals surface area contributed by atoms with Crippen LogP contribution in [0.15, 0.2) is 0 Å². The molecule has 8 heteroatoms. The number of carbonyl (C=O) groups is 3. The van der Waals surface area contributed by atoms with Crippen molar-refractivity contribution in [3.8, 4) is 0 Å². The van der Waals surface area contributed by atoms with E-state index < -0.39 is 49.1 Å². The van der Waals surface area contributed by atoms with E-state index in [1.807, 2.05) is 0 Å². The van der Waals surface area contributed by atoms with Crippen LogP contribution in [0, 0.1) is 0 Å². The highest BCUT2D eigenvalue weighted by molar-refractivity contribution is 5.68. The molecule has 19 heavy (non-hydrogen) atoms. The van der Waals surface area contributed by atoms with Crippen molar-refractivity contribution >= 4 is 17.9 Å². The molecule has 1 saturated heterocycles. The number of carbonyl (C=O) groups excluding carboxylic acids is 3. The van der Waals surface area contributed by atoms with Gasteiger partial charge in [0.1, 0.15) is 6.10 Å². The molecule has 0 aromatic heterocycles. The molecule has 108 valence electrons. The van der Waals surface area contributed by atoms with Crippen molar-refractivity contribution in [2.75, 3.05) is 6.61 Å². The molecule has 1 heterocycles. The van der Waals surface area contributed by atoms with Crippen molar-refractivity contribution in [2.24, 2.45) is 0 Å². The van der Waals surface area contributed by atoms with Crippen molar-refractivity contribution in [1.29, 1.82) is 0 Å². The summed E-state index contributed by atoms with van der Waals surface area (Å²) < 4.78 is 19.9. The van der Waals surface area contributed by atoms with Crippen molar-refractivity contribution in [1.82, 2.24) is 0 Å². The molecule has 0 aromatic carbocycles. The quantitative estimate of drug-likeness (QED) is 0.521. The molecule has 1 N–H and O–H groups in total. The maximum absolute atomic E-state index is 11.0. The lowest BCUT2D eigenvalue weighted by Gasteiger charge is -2.22. The van der Waals surface area contributed by atoms with Crippen LogP contribution in [-0.2, 0) is 33.3 Å². The van der Waals surface area contributed by atoms with Crippen LogP contribution in [-0.4, -0.2) is 54.2 Å². The second kappa shape index (κ2) is 6.48. The first kappa shape index (κ1) is 15.4. The molecule has 0 radical (unpaired) electrons.